The lowest BCUT2D eigenvalue weighted by Crippen LogP contribution is -2.30. The van der Waals surface area contributed by atoms with Crippen LogP contribution in [0.4, 0.5) is 10.1 Å². The van der Waals surface area contributed by atoms with Gasteiger partial charge in [0.2, 0.25) is 0 Å². The Morgan fingerprint density at radius 2 is 1.96 bits per heavy atom. The monoisotopic (exact) mass is 404 g/mol. The van der Waals surface area contributed by atoms with Gasteiger partial charge in [-0.05, 0) is 54.5 Å². The number of piperidine rings is 1. The Bertz CT molecular complexity index is 855. The predicted octanol–water partition coefficient (Wildman–Crippen LogP) is 2.50. The highest BCUT2D eigenvalue weighted by Crippen LogP contribution is 2.33. The van der Waals surface area contributed by atoms with Crippen LogP contribution in [0.2, 0.25) is 0 Å². The van der Waals surface area contributed by atoms with E-state index in [1.807, 2.05) is 12.1 Å². The number of carbonyl (C=O) groups excluding carboxylic acids is 1. The minimum absolute atomic E-state index is 0.410. The smallest absolute Gasteiger partial charge is 0.322 e. The fourth-order valence-electron chi connectivity index (χ4n) is 3.07. The number of rotatable bonds is 6. The molecule has 1 aromatic carbocycles. The van der Waals surface area contributed by atoms with Crippen LogP contribution in [0.1, 0.15) is 34.8 Å². The molecule has 3 rings (SSSR count). The average Bonchev–Trinajstić information content (AvgIpc) is 2.67. The highest BCUT2D eigenvalue weighted by molar-refractivity contribution is 7.97. The van der Waals surface area contributed by atoms with E-state index >= 15 is 0 Å². The molecule has 28 heavy (non-hydrogen) atoms. The van der Waals surface area contributed by atoms with Crippen molar-refractivity contribution in [3.63, 3.8) is 0 Å². The highest BCUT2D eigenvalue weighted by atomic mass is 32.2. The number of benzene rings is 1. The zero-order valence-corrected chi connectivity index (χ0v) is 15.9. The predicted molar refractivity (Wildman–Crippen MR) is 104 cm³/mol. The number of carbonyl (C=O) groups is 2. The van der Waals surface area contributed by atoms with Gasteiger partial charge in [-0.25, -0.2) is 13.7 Å². The Morgan fingerprint density at radius 3 is 2.57 bits per heavy atom. The summed E-state index contributed by atoms with van der Waals surface area (Å²) in [7, 11) is 0. The Balaban J connectivity index is 1.55. The first-order chi connectivity index (χ1) is 13.4. The number of nitrogens with zero attached hydrogens (tertiary/aromatic N) is 2. The number of amides is 1. The van der Waals surface area contributed by atoms with Gasteiger partial charge in [0.25, 0.3) is 5.91 Å². The lowest BCUT2D eigenvalue weighted by atomic mass is 9.90. The fraction of sp³-hybridized carbons (Fsp3) is 0.316. The number of aliphatic carboxylic acids is 1. The molecule has 0 spiro atoms. The van der Waals surface area contributed by atoms with Crippen LogP contribution in [0.5, 0.6) is 0 Å². The summed E-state index contributed by atoms with van der Waals surface area (Å²) in [5.41, 5.74) is 7.36. The van der Waals surface area contributed by atoms with Gasteiger partial charge in [-0.3, -0.25) is 9.59 Å². The van der Waals surface area contributed by atoms with Crippen molar-refractivity contribution in [3.8, 4) is 0 Å². The van der Waals surface area contributed by atoms with E-state index in [0.717, 1.165) is 31.6 Å². The Kier molecular flexibility index (Phi) is 6.48. The first-order valence-electron chi connectivity index (χ1n) is 8.86. The molecule has 2 heterocycles. The van der Waals surface area contributed by atoms with E-state index in [-0.39, 0.29) is 0 Å². The maximum atomic E-state index is 14.2. The van der Waals surface area contributed by atoms with Crippen LogP contribution < -0.4 is 11.1 Å². The maximum absolute atomic E-state index is 14.2. The first-order valence-corrected chi connectivity index (χ1v) is 9.63. The molecule has 4 N–H and O–H groups in total. The zero-order chi connectivity index (χ0) is 20.1. The molecule has 0 radical (unpaired) electrons. The van der Waals surface area contributed by atoms with Crippen LogP contribution in [0.3, 0.4) is 0 Å². The molecule has 0 aliphatic carbocycles. The number of hydrogen-bond acceptors (Lipinski definition) is 6. The van der Waals surface area contributed by atoms with E-state index < -0.39 is 29.9 Å². The number of halogens is 1. The lowest BCUT2D eigenvalue weighted by molar-refractivity contribution is -0.135. The van der Waals surface area contributed by atoms with Crippen molar-refractivity contribution >= 4 is 29.5 Å². The molecular formula is C19H21FN4O3S. The van der Waals surface area contributed by atoms with Gasteiger partial charge < -0.3 is 16.2 Å². The molecule has 0 bridgehead atoms. The van der Waals surface area contributed by atoms with Crippen LogP contribution in [0, 0.1) is 5.82 Å². The third-order valence-corrected chi connectivity index (χ3v) is 5.59. The van der Waals surface area contributed by atoms with Crippen LogP contribution in [0.15, 0.2) is 41.4 Å². The molecule has 1 fully saturated rings. The van der Waals surface area contributed by atoms with Crippen LogP contribution in [0.25, 0.3) is 0 Å². The van der Waals surface area contributed by atoms with Gasteiger partial charge in [0.15, 0.2) is 11.5 Å². The van der Waals surface area contributed by atoms with Crippen molar-refractivity contribution < 1.29 is 19.1 Å². The van der Waals surface area contributed by atoms with E-state index in [1.54, 1.807) is 0 Å². The van der Waals surface area contributed by atoms with Gasteiger partial charge in [0.05, 0.1) is 0 Å². The average molecular weight is 404 g/mol. The minimum atomic E-state index is -1.21. The molecular weight excluding hydrogens is 383 g/mol. The number of nitrogens with one attached hydrogen (secondary N) is 1. The number of carboxylic acid groups (broad SMARTS) is 1. The Labute approximate surface area is 166 Å². The minimum Gasteiger partial charge on any atom is -0.480 e. The number of carboxylic acids is 1. The largest absolute Gasteiger partial charge is 0.480 e. The van der Waals surface area contributed by atoms with Gasteiger partial charge in [0.1, 0.15) is 6.54 Å². The molecule has 1 aliphatic heterocycles. The molecule has 1 aliphatic rings. The van der Waals surface area contributed by atoms with E-state index in [4.69, 9.17) is 10.8 Å². The second-order valence-corrected chi connectivity index (χ2v) is 7.71. The zero-order valence-electron chi connectivity index (χ0n) is 15.1. The molecule has 0 saturated carbocycles. The molecule has 0 atom stereocenters. The second-order valence-electron chi connectivity index (χ2n) is 6.54. The summed E-state index contributed by atoms with van der Waals surface area (Å²) >= 11 is 1.40. The maximum Gasteiger partial charge on any atom is 0.322 e. The SMILES string of the molecule is Nc1ccc(C2CCN(Sc3cnc(C(=O)NCC(=O)O)c(F)c3)CC2)cc1. The van der Waals surface area contributed by atoms with Crippen LogP contribution in [-0.2, 0) is 4.79 Å². The summed E-state index contributed by atoms with van der Waals surface area (Å²) in [6.07, 6.45) is 3.40. The first kappa shape index (κ1) is 20.1. The standard InChI is InChI=1S/C19H21FN4O3S/c20-16-9-15(10-22-18(16)19(27)23-11-17(25)26)28-24-7-5-13(6-8-24)12-1-3-14(21)4-2-12/h1-4,9-10,13H,5-8,11,21H2,(H,23,27)(H,25,26). The van der Waals surface area contributed by atoms with Crippen molar-refractivity contribution in [1.29, 1.82) is 0 Å². The normalized spacial score (nSPS) is 15.3. The summed E-state index contributed by atoms with van der Waals surface area (Å²) in [5, 5.41) is 10.7. The van der Waals surface area contributed by atoms with E-state index in [2.05, 4.69) is 26.7 Å². The summed E-state index contributed by atoms with van der Waals surface area (Å²) in [4.78, 5) is 26.7. The van der Waals surface area contributed by atoms with Crippen LogP contribution >= 0.6 is 11.9 Å². The Hall–Kier alpha value is -2.65. The summed E-state index contributed by atoms with van der Waals surface area (Å²) in [6, 6.07) is 9.21. The van der Waals surface area contributed by atoms with E-state index in [1.165, 1.54) is 29.8 Å². The molecule has 1 saturated heterocycles. The molecule has 1 amide bonds. The quantitative estimate of drug-likeness (QED) is 0.501. The molecule has 1 aromatic heterocycles. The number of anilines is 1. The van der Waals surface area contributed by atoms with Crippen molar-refractivity contribution in [3.05, 3.63) is 53.6 Å². The molecule has 0 unspecified atom stereocenters. The number of nitrogen functional groups attached to an aromatic ring is 1. The summed E-state index contributed by atoms with van der Waals surface area (Å²) < 4.78 is 16.3. The van der Waals surface area contributed by atoms with Crippen LogP contribution in [-0.4, -0.2) is 45.9 Å². The van der Waals surface area contributed by atoms with Gasteiger partial charge in [0, 0.05) is 29.9 Å². The van der Waals surface area contributed by atoms with Crippen molar-refractivity contribution in [2.24, 2.45) is 0 Å². The highest BCUT2D eigenvalue weighted by Gasteiger charge is 2.22. The summed E-state index contributed by atoms with van der Waals surface area (Å²) in [6.45, 7) is 1.11. The molecule has 9 heteroatoms. The van der Waals surface area contributed by atoms with Crippen molar-refractivity contribution in [1.82, 2.24) is 14.6 Å². The van der Waals surface area contributed by atoms with Crippen molar-refractivity contribution in [2.45, 2.75) is 23.7 Å². The number of nitrogens with two attached hydrogens (primary N) is 1. The molecule has 148 valence electrons. The topological polar surface area (TPSA) is 109 Å². The number of hydrogen-bond donors (Lipinski definition) is 3. The molecule has 2 aromatic rings. The van der Waals surface area contributed by atoms with Gasteiger partial charge in [-0.15, -0.1) is 0 Å². The van der Waals surface area contributed by atoms with Gasteiger partial charge in [-0.1, -0.05) is 12.1 Å². The second kappa shape index (κ2) is 9.03. The molecule has 7 nitrogen and oxygen atoms in total. The number of aromatic nitrogens is 1. The van der Waals surface area contributed by atoms with Crippen molar-refractivity contribution in [2.75, 3.05) is 25.4 Å². The lowest BCUT2D eigenvalue weighted by Gasteiger charge is -2.31. The van der Waals surface area contributed by atoms with Gasteiger partial charge in [-0.2, -0.15) is 0 Å². The van der Waals surface area contributed by atoms with Gasteiger partial charge >= 0.3 is 5.97 Å². The summed E-state index contributed by atoms with van der Waals surface area (Å²) in [5.74, 6) is -2.35. The van der Waals surface area contributed by atoms with E-state index in [0.29, 0.717) is 10.8 Å². The van der Waals surface area contributed by atoms with E-state index in [9.17, 15) is 14.0 Å². The Morgan fingerprint density at radius 1 is 1.29 bits per heavy atom. The third kappa shape index (κ3) is 5.20. The fourth-order valence-corrected chi connectivity index (χ4v) is 4.02. The third-order valence-electron chi connectivity index (χ3n) is 4.53. The number of pyridine rings is 1.